The first-order valence-electron chi connectivity index (χ1n) is 7.32. The van der Waals surface area contributed by atoms with Gasteiger partial charge in [-0.2, -0.15) is 0 Å². The topological polar surface area (TPSA) is 42.2 Å². The minimum Gasteiger partial charge on any atom is -0.329 e. The largest absolute Gasteiger partial charge is 0.329 e. The van der Waals surface area contributed by atoms with Crippen LogP contribution in [0.1, 0.15) is 45.1 Å². The highest BCUT2D eigenvalue weighted by Crippen LogP contribution is 2.46. The third kappa shape index (κ3) is 2.67. The Kier molecular flexibility index (Phi) is 4.26. The summed E-state index contributed by atoms with van der Waals surface area (Å²) in [5.41, 5.74) is 7.86. The van der Waals surface area contributed by atoms with Crippen molar-refractivity contribution in [3.8, 4) is 0 Å². The monoisotopic (exact) mass is 261 g/mol. The standard InChI is InChI=1S/C16H27N3/c1-15(2)8-4-5-9-16(15,13-17)19(3)12-14-7-6-10-18-11-14/h6-7,10-11H,4-5,8-9,12-13,17H2,1-3H3. The molecule has 0 amide bonds. The predicted molar refractivity (Wildman–Crippen MR) is 79.7 cm³/mol. The first kappa shape index (κ1) is 14.5. The van der Waals surface area contributed by atoms with Crippen molar-refractivity contribution >= 4 is 0 Å². The average Bonchev–Trinajstić information content (AvgIpc) is 2.39. The third-order valence-corrected chi connectivity index (χ3v) is 5.11. The molecular formula is C16H27N3. The number of aromatic nitrogens is 1. The van der Waals surface area contributed by atoms with Crippen molar-refractivity contribution in [1.29, 1.82) is 0 Å². The minimum absolute atomic E-state index is 0.112. The fraction of sp³-hybridized carbons (Fsp3) is 0.688. The van der Waals surface area contributed by atoms with E-state index in [2.05, 4.69) is 36.8 Å². The summed E-state index contributed by atoms with van der Waals surface area (Å²) in [5, 5.41) is 0. The Labute approximate surface area is 117 Å². The molecule has 2 N–H and O–H groups in total. The zero-order chi connectivity index (χ0) is 13.9. The number of rotatable bonds is 4. The Bertz CT molecular complexity index is 402. The molecule has 19 heavy (non-hydrogen) atoms. The SMILES string of the molecule is CN(Cc1cccnc1)C1(CN)CCCCC1(C)C. The number of pyridine rings is 1. The van der Waals surface area contributed by atoms with E-state index < -0.39 is 0 Å². The van der Waals surface area contributed by atoms with E-state index in [4.69, 9.17) is 5.73 Å². The van der Waals surface area contributed by atoms with E-state index in [9.17, 15) is 0 Å². The summed E-state index contributed by atoms with van der Waals surface area (Å²) in [6, 6.07) is 4.15. The molecule has 0 saturated heterocycles. The van der Waals surface area contributed by atoms with Gasteiger partial charge in [-0.15, -0.1) is 0 Å². The van der Waals surface area contributed by atoms with Gasteiger partial charge in [-0.05, 0) is 36.9 Å². The zero-order valence-corrected chi connectivity index (χ0v) is 12.5. The molecule has 0 spiro atoms. The Balaban J connectivity index is 2.20. The molecule has 1 atom stereocenters. The average molecular weight is 261 g/mol. The van der Waals surface area contributed by atoms with Crippen LogP contribution in [-0.2, 0) is 6.54 Å². The van der Waals surface area contributed by atoms with Crippen LogP contribution in [0.5, 0.6) is 0 Å². The summed E-state index contributed by atoms with van der Waals surface area (Å²) < 4.78 is 0. The summed E-state index contributed by atoms with van der Waals surface area (Å²) in [4.78, 5) is 6.67. The fourth-order valence-electron chi connectivity index (χ4n) is 3.71. The van der Waals surface area contributed by atoms with Crippen LogP contribution in [0.25, 0.3) is 0 Å². The summed E-state index contributed by atoms with van der Waals surface area (Å²) in [7, 11) is 2.22. The van der Waals surface area contributed by atoms with E-state index in [-0.39, 0.29) is 11.0 Å². The molecule has 0 radical (unpaired) electrons. The van der Waals surface area contributed by atoms with Gasteiger partial charge >= 0.3 is 0 Å². The number of nitrogens with two attached hydrogens (primary N) is 1. The van der Waals surface area contributed by atoms with Crippen LogP contribution >= 0.6 is 0 Å². The molecule has 1 aliphatic rings. The lowest BCUT2D eigenvalue weighted by atomic mass is 9.62. The van der Waals surface area contributed by atoms with E-state index in [1.807, 2.05) is 18.5 Å². The zero-order valence-electron chi connectivity index (χ0n) is 12.5. The van der Waals surface area contributed by atoms with Crippen molar-refractivity contribution in [1.82, 2.24) is 9.88 Å². The number of hydrogen-bond acceptors (Lipinski definition) is 3. The van der Waals surface area contributed by atoms with Crippen molar-refractivity contribution in [3.05, 3.63) is 30.1 Å². The van der Waals surface area contributed by atoms with Gasteiger partial charge in [0.1, 0.15) is 0 Å². The number of likely N-dealkylation sites (N-methyl/N-ethyl adjacent to an activating group) is 1. The molecular weight excluding hydrogens is 234 g/mol. The fourth-order valence-corrected chi connectivity index (χ4v) is 3.71. The van der Waals surface area contributed by atoms with E-state index in [0.717, 1.165) is 13.1 Å². The number of nitrogens with zero attached hydrogens (tertiary/aromatic N) is 2. The maximum absolute atomic E-state index is 6.21. The summed E-state index contributed by atoms with van der Waals surface area (Å²) in [6.45, 7) is 6.41. The molecule has 1 fully saturated rings. The Morgan fingerprint density at radius 1 is 1.32 bits per heavy atom. The lowest BCUT2D eigenvalue weighted by Gasteiger charge is -2.55. The van der Waals surface area contributed by atoms with Gasteiger partial charge in [-0.25, -0.2) is 0 Å². The molecule has 0 aromatic carbocycles. The van der Waals surface area contributed by atoms with Crippen LogP contribution in [-0.4, -0.2) is 29.0 Å². The Morgan fingerprint density at radius 2 is 2.05 bits per heavy atom. The molecule has 0 aliphatic heterocycles. The van der Waals surface area contributed by atoms with E-state index in [1.165, 1.54) is 31.2 Å². The van der Waals surface area contributed by atoms with Crippen LogP contribution in [0.2, 0.25) is 0 Å². The van der Waals surface area contributed by atoms with Crippen molar-refractivity contribution in [2.75, 3.05) is 13.6 Å². The van der Waals surface area contributed by atoms with Crippen LogP contribution in [0.15, 0.2) is 24.5 Å². The normalized spacial score (nSPS) is 26.6. The van der Waals surface area contributed by atoms with Crippen LogP contribution in [0, 0.1) is 5.41 Å². The second-order valence-corrected chi connectivity index (χ2v) is 6.54. The molecule has 106 valence electrons. The van der Waals surface area contributed by atoms with Crippen molar-refractivity contribution in [2.45, 2.75) is 51.6 Å². The maximum atomic E-state index is 6.21. The number of hydrogen-bond donors (Lipinski definition) is 1. The van der Waals surface area contributed by atoms with E-state index in [1.54, 1.807) is 0 Å². The van der Waals surface area contributed by atoms with Gasteiger partial charge in [0.25, 0.3) is 0 Å². The summed E-state index contributed by atoms with van der Waals surface area (Å²) >= 11 is 0. The van der Waals surface area contributed by atoms with E-state index >= 15 is 0 Å². The second kappa shape index (κ2) is 5.59. The molecule has 1 aliphatic carbocycles. The molecule has 1 saturated carbocycles. The third-order valence-electron chi connectivity index (χ3n) is 5.11. The van der Waals surface area contributed by atoms with Gasteiger partial charge in [0, 0.05) is 31.0 Å². The van der Waals surface area contributed by atoms with Crippen molar-refractivity contribution in [3.63, 3.8) is 0 Å². The van der Waals surface area contributed by atoms with Gasteiger partial charge in [0.2, 0.25) is 0 Å². The Morgan fingerprint density at radius 3 is 2.63 bits per heavy atom. The highest BCUT2D eigenvalue weighted by Gasteiger charge is 2.48. The molecule has 2 rings (SSSR count). The molecule has 1 aromatic heterocycles. The first-order chi connectivity index (χ1) is 9.02. The second-order valence-electron chi connectivity index (χ2n) is 6.54. The quantitative estimate of drug-likeness (QED) is 0.906. The molecule has 1 aromatic rings. The molecule has 3 nitrogen and oxygen atoms in total. The van der Waals surface area contributed by atoms with E-state index in [0.29, 0.717) is 0 Å². The molecule has 1 unspecified atom stereocenters. The lowest BCUT2D eigenvalue weighted by molar-refractivity contribution is -0.0335. The lowest BCUT2D eigenvalue weighted by Crippen LogP contribution is -2.62. The van der Waals surface area contributed by atoms with Gasteiger partial charge in [-0.1, -0.05) is 32.8 Å². The van der Waals surface area contributed by atoms with Crippen LogP contribution < -0.4 is 5.73 Å². The Hall–Kier alpha value is -0.930. The highest BCUT2D eigenvalue weighted by molar-refractivity contribution is 5.11. The maximum Gasteiger partial charge on any atom is 0.0383 e. The van der Waals surface area contributed by atoms with Crippen LogP contribution in [0.3, 0.4) is 0 Å². The molecule has 3 heteroatoms. The van der Waals surface area contributed by atoms with Crippen molar-refractivity contribution < 1.29 is 0 Å². The smallest absolute Gasteiger partial charge is 0.0383 e. The van der Waals surface area contributed by atoms with Gasteiger partial charge in [-0.3, -0.25) is 9.88 Å². The molecule has 0 bridgehead atoms. The summed E-state index contributed by atoms with van der Waals surface area (Å²) in [5.74, 6) is 0. The van der Waals surface area contributed by atoms with Crippen LogP contribution in [0.4, 0.5) is 0 Å². The minimum atomic E-state index is 0.112. The summed E-state index contributed by atoms with van der Waals surface area (Å²) in [6.07, 6.45) is 8.87. The van der Waals surface area contributed by atoms with Gasteiger partial charge in [0.05, 0.1) is 0 Å². The van der Waals surface area contributed by atoms with Gasteiger partial charge < -0.3 is 5.73 Å². The first-order valence-corrected chi connectivity index (χ1v) is 7.32. The molecule has 1 heterocycles. The highest BCUT2D eigenvalue weighted by atomic mass is 15.2. The van der Waals surface area contributed by atoms with Gasteiger partial charge in [0.15, 0.2) is 0 Å². The van der Waals surface area contributed by atoms with Crippen molar-refractivity contribution in [2.24, 2.45) is 11.1 Å². The predicted octanol–water partition coefficient (Wildman–Crippen LogP) is 2.81.